The van der Waals surface area contributed by atoms with Gasteiger partial charge in [0, 0.05) is 12.1 Å². The fourth-order valence-corrected chi connectivity index (χ4v) is 3.12. The topological polar surface area (TPSA) is 15.3 Å². The van der Waals surface area contributed by atoms with Gasteiger partial charge in [0.2, 0.25) is 0 Å². The van der Waals surface area contributed by atoms with E-state index < -0.39 is 0 Å². The van der Waals surface area contributed by atoms with E-state index >= 15 is 0 Å². The molecule has 3 unspecified atom stereocenters. The van der Waals surface area contributed by atoms with Crippen molar-refractivity contribution in [1.29, 1.82) is 0 Å². The van der Waals surface area contributed by atoms with Crippen molar-refractivity contribution in [2.75, 3.05) is 13.1 Å². The van der Waals surface area contributed by atoms with Gasteiger partial charge in [-0.25, -0.2) is 0 Å². The third-order valence-corrected chi connectivity index (χ3v) is 3.88. The maximum Gasteiger partial charge on any atom is 0.0712 e. The summed E-state index contributed by atoms with van der Waals surface area (Å²) in [4.78, 5) is 2.56. The van der Waals surface area contributed by atoms with Gasteiger partial charge in [0.25, 0.3) is 0 Å². The first-order valence-electron chi connectivity index (χ1n) is 6.32. The Hall–Kier alpha value is -0.520. The molecule has 1 N–H and O–H groups in total. The highest BCUT2D eigenvalue weighted by molar-refractivity contribution is 5.04. The number of nitrogens with zero attached hydrogens (tertiary/aromatic N) is 1. The van der Waals surface area contributed by atoms with Gasteiger partial charge >= 0.3 is 0 Å². The summed E-state index contributed by atoms with van der Waals surface area (Å²) in [7, 11) is 0. The summed E-state index contributed by atoms with van der Waals surface area (Å²) >= 11 is 0. The van der Waals surface area contributed by atoms with E-state index in [9.17, 15) is 0 Å². The lowest BCUT2D eigenvalue weighted by Gasteiger charge is -2.33. The van der Waals surface area contributed by atoms with Crippen LogP contribution in [0.15, 0.2) is 0 Å². The first kappa shape index (κ1) is 11.0. The lowest BCUT2D eigenvalue weighted by molar-refractivity contribution is 0.180. The number of hydrogen-bond acceptors (Lipinski definition) is 2. The van der Waals surface area contributed by atoms with Crippen molar-refractivity contribution >= 4 is 0 Å². The van der Waals surface area contributed by atoms with Crippen LogP contribution >= 0.6 is 0 Å². The second kappa shape index (κ2) is 5.01. The maximum absolute atomic E-state index is 5.61. The second-order valence-electron chi connectivity index (χ2n) is 4.74. The van der Waals surface area contributed by atoms with E-state index in [1.165, 1.54) is 38.8 Å². The molecule has 0 amide bonds. The minimum absolute atomic E-state index is 0.361. The summed E-state index contributed by atoms with van der Waals surface area (Å²) < 4.78 is 0. The molecule has 2 aliphatic heterocycles. The molecular weight excluding hydrogens is 184 g/mol. The molecule has 2 rings (SSSR count). The van der Waals surface area contributed by atoms with E-state index in [4.69, 9.17) is 6.42 Å². The molecule has 2 fully saturated rings. The van der Waals surface area contributed by atoms with E-state index in [2.05, 4.69) is 23.1 Å². The summed E-state index contributed by atoms with van der Waals surface area (Å²) in [6.45, 7) is 4.59. The van der Waals surface area contributed by atoms with Crippen LogP contribution in [0.25, 0.3) is 0 Å². The van der Waals surface area contributed by atoms with Crippen molar-refractivity contribution < 1.29 is 0 Å². The van der Waals surface area contributed by atoms with E-state index in [1.807, 2.05) is 0 Å². The summed E-state index contributed by atoms with van der Waals surface area (Å²) in [6, 6.07) is 1.77. The van der Waals surface area contributed by atoms with E-state index in [0.29, 0.717) is 18.1 Å². The minimum atomic E-state index is 0.361. The summed E-state index contributed by atoms with van der Waals surface area (Å²) in [6.07, 6.45) is 12.0. The van der Waals surface area contributed by atoms with Gasteiger partial charge < -0.3 is 5.32 Å². The van der Waals surface area contributed by atoms with Gasteiger partial charge in [0.15, 0.2) is 0 Å². The van der Waals surface area contributed by atoms with Crippen LogP contribution in [-0.4, -0.2) is 36.1 Å². The fraction of sp³-hybridized carbons (Fsp3) is 0.846. The molecule has 3 atom stereocenters. The Kier molecular flexibility index (Phi) is 3.66. The number of likely N-dealkylation sites (tertiary alicyclic amines) is 1. The van der Waals surface area contributed by atoms with Crippen molar-refractivity contribution in [2.45, 2.75) is 57.2 Å². The van der Waals surface area contributed by atoms with Gasteiger partial charge in [-0.05, 0) is 45.2 Å². The fourth-order valence-electron chi connectivity index (χ4n) is 3.12. The van der Waals surface area contributed by atoms with Crippen LogP contribution in [0.3, 0.4) is 0 Å². The quantitative estimate of drug-likeness (QED) is 0.706. The third-order valence-electron chi connectivity index (χ3n) is 3.88. The standard InChI is InChI=1S/C13H22N2/c1-3-11(4-2)15-10-6-8-13(15)12-7-5-9-14-12/h1,11-14H,4-10H2,2H3. The van der Waals surface area contributed by atoms with Gasteiger partial charge in [-0.1, -0.05) is 12.8 Å². The zero-order valence-corrected chi connectivity index (χ0v) is 9.71. The Balaban J connectivity index is 2.00. The number of hydrogen-bond donors (Lipinski definition) is 1. The molecule has 2 nitrogen and oxygen atoms in total. The van der Waals surface area contributed by atoms with Crippen LogP contribution in [0.4, 0.5) is 0 Å². The average Bonchev–Trinajstić information content (AvgIpc) is 2.88. The number of rotatable bonds is 3. The van der Waals surface area contributed by atoms with Gasteiger partial charge in [0.05, 0.1) is 6.04 Å². The van der Waals surface area contributed by atoms with Crippen LogP contribution in [0, 0.1) is 12.3 Å². The van der Waals surface area contributed by atoms with Crippen LogP contribution in [0.2, 0.25) is 0 Å². The van der Waals surface area contributed by atoms with E-state index in [-0.39, 0.29) is 0 Å². The van der Waals surface area contributed by atoms with Crippen molar-refractivity contribution in [1.82, 2.24) is 10.2 Å². The molecule has 2 aliphatic rings. The molecular formula is C13H22N2. The van der Waals surface area contributed by atoms with Crippen LogP contribution in [0.5, 0.6) is 0 Å². The van der Waals surface area contributed by atoms with Gasteiger partial charge in [-0.2, -0.15) is 0 Å². The van der Waals surface area contributed by atoms with Crippen LogP contribution in [-0.2, 0) is 0 Å². The molecule has 2 saturated heterocycles. The highest BCUT2D eigenvalue weighted by atomic mass is 15.2. The molecule has 2 heteroatoms. The minimum Gasteiger partial charge on any atom is -0.312 e. The summed E-state index contributed by atoms with van der Waals surface area (Å²) in [5.41, 5.74) is 0. The Bertz CT molecular complexity index is 237. The Morgan fingerprint density at radius 2 is 2.33 bits per heavy atom. The monoisotopic (exact) mass is 206 g/mol. The van der Waals surface area contributed by atoms with E-state index in [0.717, 1.165) is 6.42 Å². The van der Waals surface area contributed by atoms with E-state index in [1.54, 1.807) is 0 Å². The highest BCUT2D eigenvalue weighted by Crippen LogP contribution is 2.27. The highest BCUT2D eigenvalue weighted by Gasteiger charge is 2.35. The van der Waals surface area contributed by atoms with Crippen molar-refractivity contribution in [3.05, 3.63) is 0 Å². The number of nitrogens with one attached hydrogen (secondary N) is 1. The second-order valence-corrected chi connectivity index (χ2v) is 4.74. The molecule has 84 valence electrons. The molecule has 0 aromatic rings. The molecule has 0 radical (unpaired) electrons. The molecule has 0 aromatic heterocycles. The zero-order valence-electron chi connectivity index (χ0n) is 9.71. The number of terminal acetylenes is 1. The molecule has 15 heavy (non-hydrogen) atoms. The van der Waals surface area contributed by atoms with Gasteiger partial charge in [0.1, 0.15) is 0 Å². The Labute approximate surface area is 93.4 Å². The lowest BCUT2D eigenvalue weighted by Crippen LogP contribution is -2.47. The van der Waals surface area contributed by atoms with Gasteiger partial charge in [-0.3, -0.25) is 4.90 Å². The first-order valence-corrected chi connectivity index (χ1v) is 6.32. The molecule has 0 bridgehead atoms. The Morgan fingerprint density at radius 1 is 1.47 bits per heavy atom. The predicted molar refractivity (Wildman–Crippen MR) is 63.7 cm³/mol. The molecule has 2 heterocycles. The summed E-state index contributed by atoms with van der Waals surface area (Å²) in [5.74, 6) is 2.95. The predicted octanol–water partition coefficient (Wildman–Crippen LogP) is 1.61. The van der Waals surface area contributed by atoms with Crippen molar-refractivity contribution in [3.8, 4) is 12.3 Å². The summed E-state index contributed by atoms with van der Waals surface area (Å²) in [5, 5.41) is 3.62. The molecule has 0 aliphatic carbocycles. The third kappa shape index (κ3) is 2.19. The normalized spacial score (nSPS) is 34.1. The zero-order chi connectivity index (χ0) is 10.7. The molecule has 0 aromatic carbocycles. The van der Waals surface area contributed by atoms with Crippen LogP contribution in [0.1, 0.15) is 39.0 Å². The molecule has 0 saturated carbocycles. The Morgan fingerprint density at radius 3 is 2.93 bits per heavy atom. The average molecular weight is 206 g/mol. The molecule has 0 spiro atoms. The smallest absolute Gasteiger partial charge is 0.0712 e. The SMILES string of the molecule is C#CC(CC)N1CCCC1C1CCCN1. The van der Waals surface area contributed by atoms with Gasteiger partial charge in [-0.15, -0.1) is 6.42 Å². The van der Waals surface area contributed by atoms with Crippen LogP contribution < -0.4 is 5.32 Å². The lowest BCUT2D eigenvalue weighted by atomic mass is 10.0. The maximum atomic E-state index is 5.61. The largest absolute Gasteiger partial charge is 0.312 e. The van der Waals surface area contributed by atoms with Crippen molar-refractivity contribution in [3.63, 3.8) is 0 Å². The van der Waals surface area contributed by atoms with Crippen molar-refractivity contribution in [2.24, 2.45) is 0 Å². The first-order chi connectivity index (χ1) is 7.36.